The topological polar surface area (TPSA) is 119 Å². The smallest absolute Gasteiger partial charge is 0.462 e. The van der Waals surface area contributed by atoms with Crippen LogP contribution in [0.1, 0.15) is 155 Å². The predicted octanol–water partition coefficient (Wildman–Crippen LogP) is 12.6. The molecule has 306 valence electrons. The molecule has 0 rings (SSSR count). The van der Waals surface area contributed by atoms with Crippen LogP contribution in [0.25, 0.3) is 0 Å². The molecule has 2 N–H and O–H groups in total. The van der Waals surface area contributed by atoms with Crippen LogP contribution in [-0.2, 0) is 28.2 Å². The van der Waals surface area contributed by atoms with Crippen molar-refractivity contribution < 1.29 is 37.9 Å². The van der Waals surface area contributed by atoms with Crippen LogP contribution >= 0.6 is 7.82 Å². The van der Waals surface area contributed by atoms with Crippen LogP contribution in [0, 0.1) is 0 Å². The maximum absolute atomic E-state index is 12.4. The average molecular weight is 773 g/mol. The number of esters is 2. The van der Waals surface area contributed by atoms with E-state index < -0.39 is 32.5 Å². The Labute approximate surface area is 328 Å². The predicted molar refractivity (Wildman–Crippen MR) is 225 cm³/mol. The Morgan fingerprint density at radius 3 is 1.39 bits per heavy atom. The highest BCUT2D eigenvalue weighted by Crippen LogP contribution is 2.36. The lowest BCUT2D eigenvalue weighted by atomic mass is 10.1. The van der Waals surface area contributed by atoms with Crippen molar-refractivity contribution in [2.24, 2.45) is 0 Å². The zero-order chi connectivity index (χ0) is 39.6. The summed E-state index contributed by atoms with van der Waals surface area (Å²) >= 11 is 0. The van der Waals surface area contributed by atoms with Gasteiger partial charge in [-0.05, 0) is 89.9 Å². The minimum Gasteiger partial charge on any atom is -0.462 e. The third-order valence-corrected chi connectivity index (χ3v) is 8.57. The first kappa shape index (κ1) is 51.0. The second-order valence-electron chi connectivity index (χ2n) is 13.2. The summed E-state index contributed by atoms with van der Waals surface area (Å²) in [4.78, 5) is 42.8. The molecule has 0 unspecified atom stereocenters. The highest BCUT2D eigenvalue weighted by Gasteiger charge is 2.22. The molecule has 0 amide bonds. The quantitative estimate of drug-likeness (QED) is 0.0280. The van der Waals surface area contributed by atoms with Crippen LogP contribution in [0.5, 0.6) is 0 Å². The first-order valence-electron chi connectivity index (χ1n) is 20.5. The molecule has 0 aliphatic rings. The van der Waals surface area contributed by atoms with Crippen molar-refractivity contribution in [1.29, 1.82) is 0 Å². The second kappa shape index (κ2) is 39.7. The van der Waals surface area contributed by atoms with Gasteiger partial charge >= 0.3 is 19.8 Å². The van der Waals surface area contributed by atoms with Gasteiger partial charge in [0.1, 0.15) is 6.61 Å². The number of carbonyl (C=O) groups is 2. The highest BCUT2D eigenvalue weighted by molar-refractivity contribution is 7.46. The number of ether oxygens (including phenoxy) is 2. The van der Waals surface area contributed by atoms with Crippen LogP contribution in [-0.4, -0.2) is 41.0 Å². The molecule has 0 heterocycles. The molecule has 0 aromatic rings. The first-order valence-corrected chi connectivity index (χ1v) is 22.1. The normalized spacial score (nSPS) is 13.5. The van der Waals surface area contributed by atoms with E-state index in [2.05, 4.69) is 110 Å². The van der Waals surface area contributed by atoms with E-state index in [1.54, 1.807) is 0 Å². The summed E-state index contributed by atoms with van der Waals surface area (Å²) in [5, 5.41) is 0. The van der Waals surface area contributed by atoms with Crippen molar-refractivity contribution in [1.82, 2.24) is 0 Å². The fourth-order valence-electron chi connectivity index (χ4n) is 5.06. The van der Waals surface area contributed by atoms with Gasteiger partial charge in [0.15, 0.2) is 6.10 Å². The van der Waals surface area contributed by atoms with Gasteiger partial charge in [-0.1, -0.05) is 150 Å². The third kappa shape index (κ3) is 41.7. The number of rotatable bonds is 36. The van der Waals surface area contributed by atoms with Gasteiger partial charge in [-0.25, -0.2) is 4.57 Å². The molecule has 0 spiro atoms. The molecule has 0 radical (unpaired) electrons. The summed E-state index contributed by atoms with van der Waals surface area (Å²) in [7, 11) is -4.78. The summed E-state index contributed by atoms with van der Waals surface area (Å²) in [6, 6.07) is 0. The Morgan fingerprint density at radius 1 is 0.500 bits per heavy atom. The Balaban J connectivity index is 4.11. The van der Waals surface area contributed by atoms with Crippen molar-refractivity contribution >= 4 is 19.8 Å². The number of carbonyl (C=O) groups excluding carboxylic acids is 2. The fourth-order valence-corrected chi connectivity index (χ4v) is 5.42. The van der Waals surface area contributed by atoms with Crippen molar-refractivity contribution in [3.8, 4) is 0 Å². The monoisotopic (exact) mass is 773 g/mol. The van der Waals surface area contributed by atoms with Crippen LogP contribution < -0.4 is 0 Å². The molecule has 0 fully saturated rings. The number of hydrogen-bond acceptors (Lipinski definition) is 6. The lowest BCUT2D eigenvalue weighted by Crippen LogP contribution is -2.29. The van der Waals surface area contributed by atoms with Gasteiger partial charge in [0.2, 0.25) is 0 Å². The number of phosphoric acid groups is 1. The molecular formula is C45H73O8P. The number of hydrogen-bond donors (Lipinski definition) is 2. The SMILES string of the molecule is CC/C=C/C/C=C/C/C=C/C/C=C/C/C=C/CCCCCC(=O)O[C@H](COC(=O)CCC/C=C/C/C=C/C/C=C/CCCCCCCC)COP(=O)(O)O. The van der Waals surface area contributed by atoms with Crippen LogP contribution in [0.2, 0.25) is 0 Å². The molecular weight excluding hydrogens is 699 g/mol. The van der Waals surface area contributed by atoms with E-state index in [9.17, 15) is 14.2 Å². The number of phosphoric ester groups is 1. The number of allylic oxidation sites excluding steroid dienone is 16. The van der Waals surface area contributed by atoms with Gasteiger partial charge < -0.3 is 19.3 Å². The lowest BCUT2D eigenvalue weighted by molar-refractivity contribution is -0.161. The molecule has 8 nitrogen and oxygen atoms in total. The molecule has 0 saturated heterocycles. The zero-order valence-corrected chi connectivity index (χ0v) is 34.5. The van der Waals surface area contributed by atoms with Crippen LogP contribution in [0.3, 0.4) is 0 Å². The standard InChI is InChI=1S/C45H73O8P/c1-3-5-7-9-11-13-15-17-19-21-22-24-26-28-30-32-34-36-38-40-45(47)53-43(42-52-54(48,49)50)41-51-44(46)39-37-35-33-31-29-27-25-23-20-18-16-14-12-10-8-6-4-2/h5,7,11,13,17-20,22,24-25,27-28,30-31,33,43H,3-4,6,8-10,12,14-16,21,23,26,29,32,34-42H2,1-2H3,(H2,48,49,50)/b7-5+,13-11+,19-17+,20-18+,24-22+,27-25+,30-28+,33-31+/t43-/m1/s1. The Hall–Kier alpha value is -3.03. The van der Waals surface area contributed by atoms with E-state index in [0.717, 1.165) is 77.0 Å². The molecule has 0 saturated carbocycles. The van der Waals surface area contributed by atoms with E-state index in [-0.39, 0.29) is 19.4 Å². The number of unbranched alkanes of at least 4 members (excludes halogenated alkanes) is 10. The molecule has 0 aromatic carbocycles. The summed E-state index contributed by atoms with van der Waals surface area (Å²) in [5.74, 6) is -0.994. The lowest BCUT2D eigenvalue weighted by Gasteiger charge is -2.18. The average Bonchev–Trinajstić information content (AvgIpc) is 3.14. The van der Waals surface area contributed by atoms with E-state index >= 15 is 0 Å². The summed E-state index contributed by atoms with van der Waals surface area (Å²) in [6.07, 6.45) is 54.2. The van der Waals surface area contributed by atoms with Gasteiger partial charge in [0.25, 0.3) is 0 Å². The van der Waals surface area contributed by atoms with Crippen molar-refractivity contribution in [3.05, 3.63) is 97.2 Å². The largest absolute Gasteiger partial charge is 0.469 e. The van der Waals surface area contributed by atoms with E-state index in [1.165, 1.54) is 38.5 Å². The minimum atomic E-state index is -4.78. The third-order valence-electron chi connectivity index (χ3n) is 8.09. The molecule has 0 bridgehead atoms. The van der Waals surface area contributed by atoms with Gasteiger partial charge in [-0.2, -0.15) is 0 Å². The maximum atomic E-state index is 12.4. The van der Waals surface area contributed by atoms with Crippen molar-refractivity contribution in [3.63, 3.8) is 0 Å². The molecule has 54 heavy (non-hydrogen) atoms. The zero-order valence-electron chi connectivity index (χ0n) is 33.6. The highest BCUT2D eigenvalue weighted by atomic mass is 31.2. The van der Waals surface area contributed by atoms with Gasteiger partial charge in [-0.15, -0.1) is 0 Å². The first-order chi connectivity index (χ1) is 26.3. The Bertz CT molecular complexity index is 1190. The Morgan fingerprint density at radius 2 is 0.907 bits per heavy atom. The van der Waals surface area contributed by atoms with E-state index in [4.69, 9.17) is 19.3 Å². The molecule has 0 aromatic heterocycles. The van der Waals surface area contributed by atoms with Crippen molar-refractivity contribution in [2.45, 2.75) is 161 Å². The van der Waals surface area contributed by atoms with Crippen LogP contribution in [0.15, 0.2) is 97.2 Å². The van der Waals surface area contributed by atoms with E-state index in [1.807, 2.05) is 6.08 Å². The summed E-state index contributed by atoms with van der Waals surface area (Å²) < 4.78 is 26.3. The maximum Gasteiger partial charge on any atom is 0.469 e. The fraction of sp³-hybridized carbons (Fsp3) is 0.600. The second-order valence-corrected chi connectivity index (χ2v) is 14.5. The van der Waals surface area contributed by atoms with E-state index in [0.29, 0.717) is 12.8 Å². The van der Waals surface area contributed by atoms with Crippen LogP contribution in [0.4, 0.5) is 0 Å². The molecule has 0 aliphatic carbocycles. The van der Waals surface area contributed by atoms with Gasteiger partial charge in [0.05, 0.1) is 6.61 Å². The summed E-state index contributed by atoms with van der Waals surface area (Å²) in [6.45, 7) is 3.48. The summed E-state index contributed by atoms with van der Waals surface area (Å²) in [5.41, 5.74) is 0. The molecule has 1 atom stereocenters. The minimum absolute atomic E-state index is 0.156. The Kier molecular flexibility index (Phi) is 37.4. The van der Waals surface area contributed by atoms with Gasteiger partial charge in [-0.3, -0.25) is 14.1 Å². The molecule has 0 aliphatic heterocycles. The van der Waals surface area contributed by atoms with Gasteiger partial charge in [0, 0.05) is 12.8 Å². The molecule has 9 heteroatoms. The van der Waals surface area contributed by atoms with Crippen molar-refractivity contribution in [2.75, 3.05) is 13.2 Å².